The third-order valence-corrected chi connectivity index (χ3v) is 3.09. The summed E-state index contributed by atoms with van der Waals surface area (Å²) in [7, 11) is 0. The van der Waals surface area contributed by atoms with Crippen LogP contribution in [0.15, 0.2) is 36.4 Å². The van der Waals surface area contributed by atoms with E-state index in [1.165, 1.54) is 23.9 Å². The molecule has 0 aliphatic rings. The molecule has 3 aromatic rings. The number of hydrogen-bond donors (Lipinski definition) is 1. The van der Waals surface area contributed by atoms with Crippen LogP contribution in [0.25, 0.3) is 16.7 Å². The lowest BCUT2D eigenvalue weighted by Gasteiger charge is -2.04. The molecule has 0 bridgehead atoms. The predicted octanol–water partition coefficient (Wildman–Crippen LogP) is 2.83. The highest BCUT2D eigenvalue weighted by Gasteiger charge is 2.09. The molecule has 0 aliphatic heterocycles. The van der Waals surface area contributed by atoms with Gasteiger partial charge < -0.3 is 5.32 Å². The maximum absolute atomic E-state index is 12.9. The molecule has 2 aromatic carbocycles. The lowest BCUT2D eigenvalue weighted by atomic mass is 10.2. The molecule has 0 saturated heterocycles. The zero-order valence-electron chi connectivity index (χ0n) is 11.6. The molecule has 1 aromatic heterocycles. The zero-order valence-corrected chi connectivity index (χ0v) is 11.6. The van der Waals surface area contributed by atoms with Gasteiger partial charge in [-0.1, -0.05) is 0 Å². The molecule has 0 aliphatic carbocycles. The molecule has 5 nitrogen and oxygen atoms in total. The molecule has 1 amide bonds. The number of anilines is 1. The zero-order chi connectivity index (χ0) is 15.0. The van der Waals surface area contributed by atoms with Crippen molar-refractivity contribution < 1.29 is 9.18 Å². The van der Waals surface area contributed by atoms with E-state index in [2.05, 4.69) is 15.5 Å². The van der Waals surface area contributed by atoms with E-state index < -0.39 is 0 Å². The maximum Gasteiger partial charge on any atom is 0.221 e. The van der Waals surface area contributed by atoms with Gasteiger partial charge in [0.05, 0.1) is 5.69 Å². The van der Waals surface area contributed by atoms with Gasteiger partial charge in [-0.15, -0.1) is 10.2 Å². The van der Waals surface area contributed by atoms with Crippen molar-refractivity contribution in [2.24, 2.45) is 0 Å². The lowest BCUT2D eigenvalue weighted by molar-refractivity contribution is -0.114. The molecule has 6 heteroatoms. The molecule has 0 saturated carbocycles. The van der Waals surface area contributed by atoms with Crippen LogP contribution in [0.3, 0.4) is 0 Å². The number of nitrogens with one attached hydrogen (secondary N) is 1. The maximum atomic E-state index is 12.9. The van der Waals surface area contributed by atoms with Crippen LogP contribution in [0.1, 0.15) is 12.5 Å². The first-order valence-corrected chi connectivity index (χ1v) is 6.44. The molecule has 1 N–H and O–H groups in total. The number of fused-ring (bicyclic) bond motifs is 1. The molecule has 106 valence electrons. The van der Waals surface area contributed by atoms with Crippen molar-refractivity contribution in [1.82, 2.24) is 15.0 Å². The second-order valence-corrected chi connectivity index (χ2v) is 4.80. The van der Waals surface area contributed by atoms with Crippen LogP contribution in [0, 0.1) is 12.7 Å². The molecule has 3 rings (SSSR count). The molecule has 1 heterocycles. The van der Waals surface area contributed by atoms with Crippen molar-refractivity contribution in [3.63, 3.8) is 0 Å². The number of amides is 1. The monoisotopic (exact) mass is 284 g/mol. The van der Waals surface area contributed by atoms with Crippen LogP contribution in [-0.4, -0.2) is 20.9 Å². The number of rotatable bonds is 2. The first-order valence-electron chi connectivity index (χ1n) is 6.44. The summed E-state index contributed by atoms with van der Waals surface area (Å²) in [5, 5.41) is 11.5. The van der Waals surface area contributed by atoms with Gasteiger partial charge in [-0.25, -0.2) is 4.39 Å². The summed E-state index contributed by atoms with van der Waals surface area (Å²) in [5.74, 6) is -0.442. The average molecular weight is 284 g/mol. The Morgan fingerprint density at radius 3 is 2.38 bits per heavy atom. The van der Waals surface area contributed by atoms with E-state index in [0.717, 1.165) is 5.56 Å². The highest BCUT2D eigenvalue weighted by atomic mass is 19.1. The first kappa shape index (κ1) is 13.2. The second-order valence-electron chi connectivity index (χ2n) is 4.80. The predicted molar refractivity (Wildman–Crippen MR) is 77.9 cm³/mol. The second kappa shape index (κ2) is 4.97. The van der Waals surface area contributed by atoms with Gasteiger partial charge in [0.15, 0.2) is 0 Å². The van der Waals surface area contributed by atoms with E-state index in [9.17, 15) is 9.18 Å². The van der Waals surface area contributed by atoms with Gasteiger partial charge in [0.1, 0.15) is 16.9 Å². The fourth-order valence-electron chi connectivity index (χ4n) is 2.08. The van der Waals surface area contributed by atoms with E-state index in [-0.39, 0.29) is 11.7 Å². The minimum absolute atomic E-state index is 0.136. The minimum Gasteiger partial charge on any atom is -0.326 e. The van der Waals surface area contributed by atoms with E-state index in [0.29, 0.717) is 22.4 Å². The molecule has 0 unspecified atom stereocenters. The van der Waals surface area contributed by atoms with Crippen LogP contribution >= 0.6 is 0 Å². The molecule has 0 radical (unpaired) electrons. The van der Waals surface area contributed by atoms with Gasteiger partial charge in [0.25, 0.3) is 0 Å². The van der Waals surface area contributed by atoms with E-state index in [1.54, 1.807) is 18.2 Å². The van der Waals surface area contributed by atoms with Gasteiger partial charge >= 0.3 is 0 Å². The standard InChI is InChI=1S/C15H13FN4O/c1-9-7-14-15(8-13(9)17-10(2)21)19-20(18-14)12-5-3-11(16)4-6-12/h3-8H,1-2H3,(H,17,21). The number of aromatic nitrogens is 3. The van der Waals surface area contributed by atoms with Gasteiger partial charge in [-0.2, -0.15) is 4.80 Å². The summed E-state index contributed by atoms with van der Waals surface area (Å²) in [5.41, 5.74) is 3.66. The van der Waals surface area contributed by atoms with Crippen molar-refractivity contribution in [3.05, 3.63) is 47.8 Å². The van der Waals surface area contributed by atoms with Crippen LogP contribution < -0.4 is 5.32 Å². The van der Waals surface area contributed by atoms with Crippen molar-refractivity contribution in [3.8, 4) is 5.69 Å². The Hall–Kier alpha value is -2.76. The molecule has 0 fully saturated rings. The lowest BCUT2D eigenvalue weighted by Crippen LogP contribution is -2.06. The van der Waals surface area contributed by atoms with Crippen LogP contribution in [0.2, 0.25) is 0 Å². The number of nitrogens with zero attached hydrogens (tertiary/aromatic N) is 3. The smallest absolute Gasteiger partial charge is 0.221 e. The van der Waals surface area contributed by atoms with Crippen molar-refractivity contribution in [1.29, 1.82) is 0 Å². The SMILES string of the molecule is CC(=O)Nc1cc2nn(-c3ccc(F)cc3)nc2cc1C. The number of halogens is 1. The van der Waals surface area contributed by atoms with Crippen molar-refractivity contribution >= 4 is 22.6 Å². The summed E-state index contributed by atoms with van der Waals surface area (Å²) in [6.45, 7) is 3.35. The Kier molecular flexibility index (Phi) is 3.13. The minimum atomic E-state index is -0.306. The van der Waals surface area contributed by atoms with Crippen LogP contribution in [0.5, 0.6) is 0 Å². The van der Waals surface area contributed by atoms with Crippen molar-refractivity contribution in [2.75, 3.05) is 5.32 Å². The van der Waals surface area contributed by atoms with Gasteiger partial charge in [-0.3, -0.25) is 4.79 Å². The highest BCUT2D eigenvalue weighted by molar-refractivity contribution is 5.92. The van der Waals surface area contributed by atoms with Gasteiger partial charge in [0.2, 0.25) is 5.91 Å². The van der Waals surface area contributed by atoms with E-state index in [1.807, 2.05) is 13.0 Å². The first-order chi connectivity index (χ1) is 10.0. The number of hydrogen-bond acceptors (Lipinski definition) is 3. The molecule has 21 heavy (non-hydrogen) atoms. The Labute approximate surface area is 120 Å². The third kappa shape index (κ3) is 2.60. The Morgan fingerprint density at radius 1 is 1.14 bits per heavy atom. The summed E-state index contributed by atoms with van der Waals surface area (Å²) < 4.78 is 12.9. The van der Waals surface area contributed by atoms with E-state index in [4.69, 9.17) is 0 Å². The Bertz CT molecular complexity index is 824. The fraction of sp³-hybridized carbons (Fsp3) is 0.133. The molecule has 0 atom stereocenters. The normalized spacial score (nSPS) is 10.8. The topological polar surface area (TPSA) is 59.8 Å². The summed E-state index contributed by atoms with van der Waals surface area (Å²) >= 11 is 0. The molecular formula is C15H13FN4O. The average Bonchev–Trinajstić information content (AvgIpc) is 2.82. The number of carbonyl (C=O) groups excluding carboxylic acids is 1. The third-order valence-electron chi connectivity index (χ3n) is 3.09. The Balaban J connectivity index is 2.07. The van der Waals surface area contributed by atoms with Crippen molar-refractivity contribution in [2.45, 2.75) is 13.8 Å². The number of aryl methyl sites for hydroxylation is 1. The van der Waals surface area contributed by atoms with E-state index >= 15 is 0 Å². The summed E-state index contributed by atoms with van der Waals surface area (Å²) in [4.78, 5) is 12.6. The highest BCUT2D eigenvalue weighted by Crippen LogP contribution is 2.22. The van der Waals surface area contributed by atoms with Crippen LogP contribution in [0.4, 0.5) is 10.1 Å². The number of benzene rings is 2. The summed E-state index contributed by atoms with van der Waals surface area (Å²) in [6, 6.07) is 9.56. The molecular weight excluding hydrogens is 271 g/mol. The fourth-order valence-corrected chi connectivity index (χ4v) is 2.08. The largest absolute Gasteiger partial charge is 0.326 e. The Morgan fingerprint density at radius 2 is 1.76 bits per heavy atom. The quantitative estimate of drug-likeness (QED) is 0.787. The van der Waals surface area contributed by atoms with Gasteiger partial charge in [-0.05, 0) is 48.9 Å². The molecule has 0 spiro atoms. The van der Waals surface area contributed by atoms with Gasteiger partial charge in [0, 0.05) is 12.6 Å². The number of carbonyl (C=O) groups is 1. The van der Waals surface area contributed by atoms with Crippen LogP contribution in [-0.2, 0) is 4.79 Å². The summed E-state index contributed by atoms with van der Waals surface area (Å²) in [6.07, 6.45) is 0.